The average Bonchev–Trinajstić information content (AvgIpc) is 3.29. The fourth-order valence-electron chi connectivity index (χ4n) is 3.29. The van der Waals surface area contributed by atoms with Gasteiger partial charge in [0.25, 0.3) is 5.91 Å². The molecular formula is C24H15Cl4N3O5S2. The third-order valence-corrected chi connectivity index (χ3v) is 8.74. The highest BCUT2D eigenvalue weighted by Gasteiger charge is 2.29. The van der Waals surface area contributed by atoms with Gasteiger partial charge in [-0.25, -0.2) is 9.78 Å². The number of nitrogens with one attached hydrogen (secondary N) is 2. The van der Waals surface area contributed by atoms with Gasteiger partial charge in [0, 0.05) is 10.6 Å². The second kappa shape index (κ2) is 12.0. The van der Waals surface area contributed by atoms with Crippen LogP contribution in [0.4, 0.5) is 10.8 Å². The lowest BCUT2D eigenvalue weighted by Crippen LogP contribution is -2.18. The maximum absolute atomic E-state index is 13.0. The smallest absolute Gasteiger partial charge is 0.338 e. The molecule has 196 valence electrons. The van der Waals surface area contributed by atoms with E-state index in [0.717, 1.165) is 10.2 Å². The Kier molecular flexibility index (Phi) is 8.92. The Hall–Kier alpha value is -2.73. The van der Waals surface area contributed by atoms with Gasteiger partial charge in [-0.05, 0) is 36.4 Å². The van der Waals surface area contributed by atoms with Gasteiger partial charge in [-0.15, -0.1) is 11.8 Å². The number of ether oxygens (including phenoxy) is 1. The number of thiazole rings is 1. The van der Waals surface area contributed by atoms with Crippen LogP contribution in [0.3, 0.4) is 0 Å². The SMILES string of the molecule is COc1ccc2nc(NC(=O)CSc3cccc(NC(=O)c4c(Cl)c(Cl)c(Cl)c(Cl)c4C(=O)O)c3)sc2c1. The number of benzene rings is 3. The van der Waals surface area contributed by atoms with Gasteiger partial charge < -0.3 is 20.5 Å². The molecule has 0 aliphatic carbocycles. The maximum Gasteiger partial charge on any atom is 0.338 e. The van der Waals surface area contributed by atoms with Crippen LogP contribution in [-0.4, -0.2) is 40.7 Å². The molecule has 0 atom stereocenters. The summed E-state index contributed by atoms with van der Waals surface area (Å²) in [6.45, 7) is 0. The number of carboxylic acid groups (broad SMARTS) is 1. The molecule has 0 spiro atoms. The maximum atomic E-state index is 13.0. The molecule has 0 radical (unpaired) electrons. The first-order valence-corrected chi connectivity index (χ1v) is 13.8. The molecule has 3 N–H and O–H groups in total. The minimum Gasteiger partial charge on any atom is -0.497 e. The first kappa shape index (κ1) is 28.3. The second-order valence-electron chi connectivity index (χ2n) is 7.48. The molecule has 4 aromatic rings. The van der Waals surface area contributed by atoms with Gasteiger partial charge in [0.15, 0.2) is 5.13 Å². The van der Waals surface area contributed by atoms with Crippen molar-refractivity contribution in [1.82, 2.24) is 4.98 Å². The Morgan fingerprint density at radius 2 is 1.68 bits per heavy atom. The molecule has 0 aliphatic heterocycles. The number of hydrogen-bond acceptors (Lipinski definition) is 7. The van der Waals surface area contributed by atoms with Crippen molar-refractivity contribution in [2.45, 2.75) is 4.90 Å². The van der Waals surface area contributed by atoms with Gasteiger partial charge in [-0.1, -0.05) is 63.8 Å². The number of halogens is 4. The molecule has 0 saturated heterocycles. The van der Waals surface area contributed by atoms with Crippen molar-refractivity contribution in [3.63, 3.8) is 0 Å². The van der Waals surface area contributed by atoms with Crippen LogP contribution in [-0.2, 0) is 4.79 Å². The van der Waals surface area contributed by atoms with Crippen LogP contribution in [0, 0.1) is 0 Å². The van der Waals surface area contributed by atoms with Gasteiger partial charge in [0.05, 0.1) is 54.3 Å². The summed E-state index contributed by atoms with van der Waals surface area (Å²) in [5.41, 5.74) is 0.0789. The third kappa shape index (κ3) is 6.12. The number of hydrogen-bond donors (Lipinski definition) is 3. The Morgan fingerprint density at radius 3 is 2.37 bits per heavy atom. The number of fused-ring (bicyclic) bond motifs is 1. The van der Waals surface area contributed by atoms with Crippen LogP contribution in [0.5, 0.6) is 5.75 Å². The second-order valence-corrected chi connectivity index (χ2v) is 11.1. The number of aromatic carboxylic acids is 1. The molecule has 0 saturated carbocycles. The number of thioether (sulfide) groups is 1. The highest BCUT2D eigenvalue weighted by molar-refractivity contribution is 8.00. The van der Waals surface area contributed by atoms with Crippen molar-refractivity contribution in [2.75, 3.05) is 23.5 Å². The Labute approximate surface area is 244 Å². The molecule has 1 heterocycles. The zero-order chi connectivity index (χ0) is 27.6. The number of carbonyl (C=O) groups is 3. The fourth-order valence-corrected chi connectivity index (χ4v) is 5.98. The van der Waals surface area contributed by atoms with Crippen molar-refractivity contribution in [3.05, 3.63) is 73.7 Å². The van der Waals surface area contributed by atoms with Crippen molar-refractivity contribution in [3.8, 4) is 5.75 Å². The minimum absolute atomic E-state index is 0.0774. The number of amides is 2. The van der Waals surface area contributed by atoms with E-state index in [-0.39, 0.29) is 26.7 Å². The first-order valence-electron chi connectivity index (χ1n) is 10.5. The van der Waals surface area contributed by atoms with Crippen molar-refractivity contribution >= 4 is 108 Å². The number of nitrogens with zero attached hydrogens (tertiary/aromatic N) is 1. The molecule has 0 bridgehead atoms. The van der Waals surface area contributed by atoms with Crippen LogP contribution in [0.2, 0.25) is 20.1 Å². The summed E-state index contributed by atoms with van der Waals surface area (Å²) in [6.07, 6.45) is 0. The van der Waals surface area contributed by atoms with E-state index in [1.165, 1.54) is 23.1 Å². The van der Waals surface area contributed by atoms with Gasteiger partial charge in [-0.2, -0.15) is 0 Å². The Balaban J connectivity index is 1.44. The normalized spacial score (nSPS) is 10.9. The van der Waals surface area contributed by atoms with E-state index in [2.05, 4.69) is 15.6 Å². The molecule has 3 aromatic carbocycles. The standard InChI is InChI=1S/C24H15Cl4N3O5S2/c1-36-11-5-6-13-14(8-11)38-24(30-13)31-15(32)9-37-12-4-2-3-10(7-12)29-22(33)16-17(23(34)35)19(26)21(28)20(27)18(16)25/h2-8H,9H2,1H3,(H,29,33)(H,34,35)(H,30,31,32). The summed E-state index contributed by atoms with van der Waals surface area (Å²) >= 11 is 26.7. The molecular weight excluding hydrogens is 616 g/mol. The lowest BCUT2D eigenvalue weighted by atomic mass is 10.1. The van der Waals surface area contributed by atoms with Crippen LogP contribution in [0.25, 0.3) is 10.2 Å². The van der Waals surface area contributed by atoms with Crippen molar-refractivity contribution in [1.29, 1.82) is 0 Å². The Bertz CT molecular complexity index is 1600. The van der Waals surface area contributed by atoms with Crippen LogP contribution >= 0.6 is 69.5 Å². The highest BCUT2D eigenvalue weighted by atomic mass is 35.5. The quantitative estimate of drug-likeness (QED) is 0.104. The minimum atomic E-state index is -1.50. The molecule has 1 aromatic heterocycles. The number of aromatic nitrogens is 1. The van der Waals surface area contributed by atoms with Crippen molar-refractivity contribution < 1.29 is 24.2 Å². The number of methoxy groups -OCH3 is 1. The predicted octanol–water partition coefficient (Wildman–Crippen LogP) is 7.60. The molecule has 4 rings (SSSR count). The summed E-state index contributed by atoms with van der Waals surface area (Å²) in [6, 6.07) is 12.1. The molecule has 0 fully saturated rings. The summed E-state index contributed by atoms with van der Waals surface area (Å²) in [7, 11) is 1.58. The zero-order valence-corrected chi connectivity index (χ0v) is 23.8. The van der Waals surface area contributed by atoms with E-state index in [9.17, 15) is 19.5 Å². The van der Waals surface area contributed by atoms with E-state index in [1.54, 1.807) is 37.4 Å². The first-order chi connectivity index (χ1) is 18.1. The van der Waals surface area contributed by atoms with E-state index < -0.39 is 28.0 Å². The summed E-state index contributed by atoms with van der Waals surface area (Å²) < 4.78 is 6.09. The highest BCUT2D eigenvalue weighted by Crippen LogP contribution is 2.42. The van der Waals surface area contributed by atoms with Gasteiger partial charge >= 0.3 is 5.97 Å². The molecule has 8 nitrogen and oxygen atoms in total. The fraction of sp³-hybridized carbons (Fsp3) is 0.0833. The molecule has 38 heavy (non-hydrogen) atoms. The van der Waals surface area contributed by atoms with Gasteiger partial charge in [0.1, 0.15) is 5.75 Å². The van der Waals surface area contributed by atoms with Crippen LogP contribution < -0.4 is 15.4 Å². The number of rotatable bonds is 8. The lowest BCUT2D eigenvalue weighted by molar-refractivity contribution is -0.113. The summed E-state index contributed by atoms with van der Waals surface area (Å²) in [5.74, 6) is -1.83. The van der Waals surface area contributed by atoms with E-state index >= 15 is 0 Å². The van der Waals surface area contributed by atoms with E-state index in [1.807, 2.05) is 12.1 Å². The van der Waals surface area contributed by atoms with Crippen molar-refractivity contribution in [2.24, 2.45) is 0 Å². The van der Waals surface area contributed by atoms with E-state index in [0.29, 0.717) is 21.5 Å². The van der Waals surface area contributed by atoms with Crippen LogP contribution in [0.15, 0.2) is 47.4 Å². The summed E-state index contributed by atoms with van der Waals surface area (Å²) in [5, 5.41) is 14.1. The van der Waals surface area contributed by atoms with Gasteiger partial charge in [-0.3, -0.25) is 9.59 Å². The molecule has 2 amide bonds. The topological polar surface area (TPSA) is 118 Å². The van der Waals surface area contributed by atoms with Crippen LogP contribution in [0.1, 0.15) is 20.7 Å². The zero-order valence-electron chi connectivity index (χ0n) is 19.1. The largest absolute Gasteiger partial charge is 0.497 e. The van der Waals surface area contributed by atoms with Gasteiger partial charge in [0.2, 0.25) is 5.91 Å². The summed E-state index contributed by atoms with van der Waals surface area (Å²) in [4.78, 5) is 42.3. The van der Waals surface area contributed by atoms with E-state index in [4.69, 9.17) is 51.1 Å². The number of anilines is 2. The molecule has 14 heteroatoms. The third-order valence-electron chi connectivity index (χ3n) is 5.01. The number of carbonyl (C=O) groups excluding carboxylic acids is 2. The molecule has 0 unspecified atom stereocenters. The predicted molar refractivity (Wildman–Crippen MR) is 153 cm³/mol. The Morgan fingerprint density at radius 1 is 0.974 bits per heavy atom. The monoisotopic (exact) mass is 629 g/mol. The lowest BCUT2D eigenvalue weighted by Gasteiger charge is -2.14. The molecule has 0 aliphatic rings. The average molecular weight is 631 g/mol. The number of carboxylic acids is 1.